The summed E-state index contributed by atoms with van der Waals surface area (Å²) >= 11 is 1.56. The maximum Gasteiger partial charge on any atom is 0.264 e. The standard InChI is InChI=1S/C25H25N5O2S/c1-17-15-23(27-19-7-9-20(32-2)10-8-19)28-25(26-17)30-13-11-29(12-14-30)24(31)22-16-18-5-3-4-6-21(18)33-22/h3-10,15-16H,11-14H2,1-2H3,(H,26,27,28). The normalized spacial score (nSPS) is 13.9. The summed E-state index contributed by atoms with van der Waals surface area (Å²) in [5.41, 5.74) is 1.82. The molecule has 0 spiro atoms. The van der Waals surface area contributed by atoms with Gasteiger partial charge in [0, 0.05) is 48.3 Å². The molecule has 1 N–H and O–H groups in total. The molecule has 8 heteroatoms. The van der Waals surface area contributed by atoms with E-state index in [1.54, 1.807) is 18.4 Å². The van der Waals surface area contributed by atoms with Gasteiger partial charge < -0.3 is 19.9 Å². The van der Waals surface area contributed by atoms with Gasteiger partial charge in [0.2, 0.25) is 5.95 Å². The third-order valence-corrected chi connectivity index (χ3v) is 6.79. The average molecular weight is 460 g/mol. The minimum Gasteiger partial charge on any atom is -0.497 e. The predicted octanol–water partition coefficient (Wildman–Crippen LogP) is 4.71. The van der Waals surface area contributed by atoms with E-state index in [0.717, 1.165) is 37.9 Å². The zero-order chi connectivity index (χ0) is 22.8. The number of hydrogen-bond acceptors (Lipinski definition) is 7. The van der Waals surface area contributed by atoms with Gasteiger partial charge in [-0.05, 0) is 48.7 Å². The topological polar surface area (TPSA) is 70.6 Å². The van der Waals surface area contributed by atoms with Crippen LogP contribution in [0.4, 0.5) is 17.5 Å². The molecular weight excluding hydrogens is 434 g/mol. The second-order valence-electron chi connectivity index (χ2n) is 7.98. The number of thiophene rings is 1. The number of ether oxygens (including phenoxy) is 1. The minimum absolute atomic E-state index is 0.0999. The molecule has 3 heterocycles. The van der Waals surface area contributed by atoms with Gasteiger partial charge >= 0.3 is 0 Å². The maximum absolute atomic E-state index is 13.0. The minimum atomic E-state index is 0.0999. The summed E-state index contributed by atoms with van der Waals surface area (Å²) in [7, 11) is 1.65. The molecule has 0 saturated carbocycles. The first kappa shape index (κ1) is 21.2. The first-order valence-corrected chi connectivity index (χ1v) is 11.7. The molecule has 168 valence electrons. The van der Waals surface area contributed by atoms with E-state index in [1.807, 2.05) is 66.4 Å². The lowest BCUT2D eigenvalue weighted by Crippen LogP contribution is -2.49. The zero-order valence-corrected chi connectivity index (χ0v) is 19.4. The van der Waals surface area contributed by atoms with Crippen LogP contribution in [0.25, 0.3) is 10.1 Å². The molecule has 1 fully saturated rings. The molecule has 1 aliphatic heterocycles. The Kier molecular flexibility index (Phi) is 5.83. The van der Waals surface area contributed by atoms with Gasteiger partial charge in [-0.3, -0.25) is 4.79 Å². The first-order valence-electron chi connectivity index (χ1n) is 10.9. The monoisotopic (exact) mass is 459 g/mol. The number of methoxy groups -OCH3 is 1. The predicted molar refractivity (Wildman–Crippen MR) is 133 cm³/mol. The van der Waals surface area contributed by atoms with Crippen molar-refractivity contribution >= 4 is 44.8 Å². The van der Waals surface area contributed by atoms with Gasteiger partial charge in [0.25, 0.3) is 5.91 Å². The van der Waals surface area contributed by atoms with Crippen molar-refractivity contribution in [3.63, 3.8) is 0 Å². The van der Waals surface area contributed by atoms with Crippen LogP contribution >= 0.6 is 11.3 Å². The number of aromatic nitrogens is 2. The summed E-state index contributed by atoms with van der Waals surface area (Å²) in [4.78, 5) is 27.3. The second-order valence-corrected chi connectivity index (χ2v) is 9.06. The highest BCUT2D eigenvalue weighted by atomic mass is 32.1. The van der Waals surface area contributed by atoms with E-state index in [1.165, 1.54) is 0 Å². The van der Waals surface area contributed by atoms with Gasteiger partial charge in [-0.1, -0.05) is 18.2 Å². The number of aryl methyl sites for hydroxylation is 1. The smallest absolute Gasteiger partial charge is 0.264 e. The Morgan fingerprint density at radius 1 is 1.00 bits per heavy atom. The van der Waals surface area contributed by atoms with E-state index in [2.05, 4.69) is 21.3 Å². The van der Waals surface area contributed by atoms with Crippen LogP contribution in [0.2, 0.25) is 0 Å². The lowest BCUT2D eigenvalue weighted by Gasteiger charge is -2.34. The molecular formula is C25H25N5O2S. The molecule has 2 aromatic carbocycles. The highest BCUT2D eigenvalue weighted by Crippen LogP contribution is 2.27. The molecule has 0 aliphatic carbocycles. The number of piperazine rings is 1. The molecule has 7 nitrogen and oxygen atoms in total. The number of hydrogen-bond donors (Lipinski definition) is 1. The number of carbonyl (C=O) groups excluding carboxylic acids is 1. The van der Waals surface area contributed by atoms with Gasteiger partial charge in [-0.2, -0.15) is 4.98 Å². The van der Waals surface area contributed by atoms with Crippen molar-refractivity contribution < 1.29 is 9.53 Å². The van der Waals surface area contributed by atoms with E-state index in [-0.39, 0.29) is 5.91 Å². The Morgan fingerprint density at radius 2 is 1.76 bits per heavy atom. The Hall–Kier alpha value is -3.65. The molecule has 2 aromatic heterocycles. The fraction of sp³-hybridized carbons (Fsp3) is 0.240. The quantitative estimate of drug-likeness (QED) is 0.466. The number of amides is 1. The molecule has 1 aliphatic rings. The number of nitrogens with one attached hydrogen (secondary N) is 1. The zero-order valence-electron chi connectivity index (χ0n) is 18.6. The van der Waals surface area contributed by atoms with Crippen LogP contribution in [0.15, 0.2) is 60.7 Å². The number of anilines is 3. The lowest BCUT2D eigenvalue weighted by molar-refractivity contribution is 0.0751. The Morgan fingerprint density at radius 3 is 2.48 bits per heavy atom. The van der Waals surface area contributed by atoms with E-state index in [0.29, 0.717) is 32.1 Å². The molecule has 4 aromatic rings. The summed E-state index contributed by atoms with van der Waals surface area (Å²) in [6, 6.07) is 19.8. The first-order chi connectivity index (χ1) is 16.1. The van der Waals surface area contributed by atoms with Crippen LogP contribution in [0.5, 0.6) is 5.75 Å². The molecule has 5 rings (SSSR count). The highest BCUT2D eigenvalue weighted by molar-refractivity contribution is 7.20. The largest absolute Gasteiger partial charge is 0.497 e. The van der Waals surface area contributed by atoms with Crippen LogP contribution in [0.3, 0.4) is 0 Å². The third-order valence-electron chi connectivity index (χ3n) is 5.69. The van der Waals surface area contributed by atoms with Crippen LogP contribution < -0.4 is 15.0 Å². The SMILES string of the molecule is COc1ccc(Nc2cc(C)nc(N3CCN(C(=O)c4cc5ccccc5s4)CC3)n2)cc1. The number of nitrogens with zero attached hydrogens (tertiary/aromatic N) is 4. The van der Waals surface area contributed by atoms with Gasteiger partial charge in [-0.25, -0.2) is 4.98 Å². The van der Waals surface area contributed by atoms with Crippen LogP contribution in [-0.2, 0) is 0 Å². The van der Waals surface area contributed by atoms with Crippen molar-refractivity contribution in [1.82, 2.24) is 14.9 Å². The summed E-state index contributed by atoms with van der Waals surface area (Å²) in [5, 5.41) is 4.46. The highest BCUT2D eigenvalue weighted by Gasteiger charge is 2.25. The van der Waals surface area contributed by atoms with E-state index >= 15 is 0 Å². The number of rotatable bonds is 5. The van der Waals surface area contributed by atoms with Crippen LogP contribution in [0, 0.1) is 6.92 Å². The van der Waals surface area contributed by atoms with Gasteiger partial charge in [0.15, 0.2) is 0 Å². The summed E-state index contributed by atoms with van der Waals surface area (Å²) in [5.74, 6) is 2.33. The maximum atomic E-state index is 13.0. The number of carbonyl (C=O) groups is 1. The van der Waals surface area contributed by atoms with Crippen molar-refractivity contribution in [3.05, 3.63) is 71.2 Å². The van der Waals surface area contributed by atoms with Crippen molar-refractivity contribution in [2.45, 2.75) is 6.92 Å². The molecule has 1 amide bonds. The average Bonchev–Trinajstić information content (AvgIpc) is 3.28. The molecule has 0 unspecified atom stereocenters. The van der Waals surface area contributed by atoms with E-state index < -0.39 is 0 Å². The van der Waals surface area contributed by atoms with Crippen molar-refractivity contribution in [2.75, 3.05) is 43.5 Å². The van der Waals surface area contributed by atoms with Crippen LogP contribution in [-0.4, -0.2) is 54.1 Å². The summed E-state index contributed by atoms with van der Waals surface area (Å²) in [6.07, 6.45) is 0. The van der Waals surface area contributed by atoms with Gasteiger partial charge in [-0.15, -0.1) is 11.3 Å². The van der Waals surface area contributed by atoms with Crippen LogP contribution in [0.1, 0.15) is 15.4 Å². The van der Waals surface area contributed by atoms with Crippen molar-refractivity contribution in [3.8, 4) is 5.75 Å². The molecule has 33 heavy (non-hydrogen) atoms. The van der Waals surface area contributed by atoms with E-state index in [4.69, 9.17) is 9.72 Å². The Balaban J connectivity index is 1.26. The third kappa shape index (κ3) is 4.61. The molecule has 1 saturated heterocycles. The molecule has 0 radical (unpaired) electrons. The molecule has 0 bridgehead atoms. The van der Waals surface area contributed by atoms with Crippen molar-refractivity contribution in [2.24, 2.45) is 0 Å². The van der Waals surface area contributed by atoms with Crippen molar-refractivity contribution in [1.29, 1.82) is 0 Å². The Bertz CT molecular complexity index is 1250. The van der Waals surface area contributed by atoms with E-state index in [9.17, 15) is 4.79 Å². The summed E-state index contributed by atoms with van der Waals surface area (Å²) < 4.78 is 6.36. The molecule has 0 atom stereocenters. The fourth-order valence-corrected chi connectivity index (χ4v) is 4.96. The van der Waals surface area contributed by atoms with Gasteiger partial charge in [0.05, 0.1) is 12.0 Å². The Labute approximate surface area is 196 Å². The summed E-state index contributed by atoms with van der Waals surface area (Å²) in [6.45, 7) is 4.65. The number of fused-ring (bicyclic) bond motifs is 1. The fourth-order valence-electron chi connectivity index (χ4n) is 3.93. The van der Waals surface area contributed by atoms with Gasteiger partial charge in [0.1, 0.15) is 11.6 Å². The lowest BCUT2D eigenvalue weighted by atomic mass is 10.2. The second kappa shape index (κ2) is 9.07. The number of benzene rings is 2.